The summed E-state index contributed by atoms with van der Waals surface area (Å²) in [5.41, 5.74) is 5.31. The van der Waals surface area contributed by atoms with E-state index in [0.717, 1.165) is 46.7 Å². The number of aryl methyl sites for hydroxylation is 1. The van der Waals surface area contributed by atoms with Crippen LogP contribution in [0, 0.1) is 0 Å². The topological polar surface area (TPSA) is 55.5 Å². The van der Waals surface area contributed by atoms with Gasteiger partial charge >= 0.3 is 0 Å². The molecule has 0 saturated carbocycles. The smallest absolute Gasteiger partial charge is 0.170 e. The van der Waals surface area contributed by atoms with Gasteiger partial charge < -0.3 is 14.4 Å². The highest BCUT2D eigenvalue weighted by Crippen LogP contribution is 2.39. The van der Waals surface area contributed by atoms with Gasteiger partial charge in [-0.05, 0) is 60.9 Å². The summed E-state index contributed by atoms with van der Waals surface area (Å²) in [4.78, 5) is 0. The van der Waals surface area contributed by atoms with Gasteiger partial charge in [0, 0.05) is 16.7 Å². The third-order valence-corrected chi connectivity index (χ3v) is 4.13. The fourth-order valence-electron chi connectivity index (χ4n) is 2.99. The van der Waals surface area contributed by atoms with Gasteiger partial charge in [0.2, 0.25) is 0 Å². The number of phenolic OH excluding ortho intramolecular Hbond substituents is 1. The third kappa shape index (κ3) is 1.96. The Morgan fingerprint density at radius 1 is 1.09 bits per heavy atom. The van der Waals surface area contributed by atoms with Crippen LogP contribution in [0.5, 0.6) is 11.5 Å². The molecule has 0 fully saturated rings. The highest BCUT2D eigenvalue weighted by Gasteiger charge is 2.25. The molecule has 110 valence electrons. The lowest BCUT2D eigenvalue weighted by Crippen LogP contribution is -2.03. The van der Waals surface area contributed by atoms with Gasteiger partial charge in [0.15, 0.2) is 5.76 Å². The normalized spacial score (nSPS) is 12.6. The number of aromatic nitrogens is 1. The van der Waals surface area contributed by atoms with Crippen molar-refractivity contribution in [3.05, 3.63) is 53.6 Å². The Morgan fingerprint density at radius 3 is 2.68 bits per heavy atom. The average Bonchev–Trinajstić information content (AvgIpc) is 2.99. The number of phenols is 1. The molecule has 1 heterocycles. The van der Waals surface area contributed by atoms with E-state index < -0.39 is 0 Å². The minimum Gasteiger partial charge on any atom is -0.508 e. The first-order chi connectivity index (χ1) is 10.8. The molecule has 0 amide bonds. The lowest BCUT2D eigenvalue weighted by Gasteiger charge is -2.16. The number of ether oxygens (including phenoxy) is 1. The van der Waals surface area contributed by atoms with Gasteiger partial charge in [-0.15, -0.1) is 0 Å². The van der Waals surface area contributed by atoms with Crippen LogP contribution in [0.2, 0.25) is 0 Å². The molecule has 2 aromatic carbocycles. The summed E-state index contributed by atoms with van der Waals surface area (Å²) in [7, 11) is 1.68. The molecule has 1 aromatic heterocycles. The second-order valence-electron chi connectivity index (χ2n) is 5.41. The number of methoxy groups -OCH3 is 1. The van der Waals surface area contributed by atoms with Gasteiger partial charge in [-0.2, -0.15) is 0 Å². The number of benzene rings is 2. The predicted molar refractivity (Wildman–Crippen MR) is 83.0 cm³/mol. The lowest BCUT2D eigenvalue weighted by molar-refractivity contribution is 0.414. The van der Waals surface area contributed by atoms with Gasteiger partial charge in [0.25, 0.3) is 0 Å². The third-order valence-electron chi connectivity index (χ3n) is 4.13. The number of hydrogen-bond acceptors (Lipinski definition) is 4. The molecule has 1 aliphatic carbocycles. The molecule has 1 N–H and O–H groups in total. The molecular weight excluding hydrogens is 278 g/mol. The van der Waals surface area contributed by atoms with E-state index in [2.05, 4.69) is 11.2 Å². The van der Waals surface area contributed by atoms with E-state index in [1.54, 1.807) is 19.2 Å². The fraction of sp³-hybridized carbons (Fsp3) is 0.167. The van der Waals surface area contributed by atoms with Crippen molar-refractivity contribution in [2.75, 3.05) is 7.11 Å². The van der Waals surface area contributed by atoms with Crippen LogP contribution in [0.1, 0.15) is 11.1 Å². The second-order valence-corrected chi connectivity index (χ2v) is 5.41. The first-order valence-electron chi connectivity index (χ1n) is 7.21. The maximum atomic E-state index is 9.41. The highest BCUT2D eigenvalue weighted by atomic mass is 16.5. The van der Waals surface area contributed by atoms with Crippen LogP contribution in [0.4, 0.5) is 0 Å². The summed E-state index contributed by atoms with van der Waals surface area (Å²) >= 11 is 0. The first-order valence-corrected chi connectivity index (χ1v) is 7.21. The molecule has 0 radical (unpaired) electrons. The maximum absolute atomic E-state index is 9.41. The van der Waals surface area contributed by atoms with Gasteiger partial charge in [0.1, 0.15) is 17.2 Å². The Kier molecular flexibility index (Phi) is 2.89. The Morgan fingerprint density at radius 2 is 1.91 bits per heavy atom. The minimum atomic E-state index is 0.245. The van der Waals surface area contributed by atoms with Crippen molar-refractivity contribution in [2.24, 2.45) is 0 Å². The molecular formula is C18H15NO3. The van der Waals surface area contributed by atoms with Gasteiger partial charge in [0.05, 0.1) is 7.11 Å². The molecule has 4 heteroatoms. The van der Waals surface area contributed by atoms with Crippen molar-refractivity contribution in [2.45, 2.75) is 12.8 Å². The SMILES string of the molecule is COc1ccc2c(c1)CCc1c-2noc1-c1ccc(O)cc1. The molecule has 0 spiro atoms. The van der Waals surface area contributed by atoms with Crippen LogP contribution >= 0.6 is 0 Å². The van der Waals surface area contributed by atoms with Crippen molar-refractivity contribution in [1.29, 1.82) is 0 Å². The molecule has 0 atom stereocenters. The van der Waals surface area contributed by atoms with Gasteiger partial charge in [-0.3, -0.25) is 0 Å². The maximum Gasteiger partial charge on any atom is 0.170 e. The zero-order valence-electron chi connectivity index (χ0n) is 12.2. The molecule has 4 rings (SSSR count). The monoisotopic (exact) mass is 293 g/mol. The number of aromatic hydroxyl groups is 1. The zero-order valence-corrected chi connectivity index (χ0v) is 12.2. The van der Waals surface area contributed by atoms with E-state index in [0.29, 0.717) is 0 Å². The van der Waals surface area contributed by atoms with Crippen molar-refractivity contribution in [3.8, 4) is 34.1 Å². The summed E-state index contributed by atoms with van der Waals surface area (Å²) in [5, 5.41) is 13.7. The van der Waals surface area contributed by atoms with Crippen LogP contribution in [0.3, 0.4) is 0 Å². The van der Waals surface area contributed by atoms with E-state index in [9.17, 15) is 5.11 Å². The molecule has 4 nitrogen and oxygen atoms in total. The van der Waals surface area contributed by atoms with Crippen LogP contribution in [0.15, 0.2) is 47.0 Å². The van der Waals surface area contributed by atoms with E-state index in [1.807, 2.05) is 24.3 Å². The average molecular weight is 293 g/mol. The van der Waals surface area contributed by atoms with Crippen LogP contribution in [-0.4, -0.2) is 17.4 Å². The molecule has 0 bridgehead atoms. The number of fused-ring (bicyclic) bond motifs is 3. The summed E-state index contributed by atoms with van der Waals surface area (Å²) < 4.78 is 10.9. The van der Waals surface area contributed by atoms with Crippen LogP contribution < -0.4 is 4.74 Å². The largest absolute Gasteiger partial charge is 0.508 e. The summed E-state index contributed by atoms with van der Waals surface area (Å²) in [6.45, 7) is 0. The Labute approximate surface area is 128 Å². The second kappa shape index (κ2) is 4.91. The van der Waals surface area contributed by atoms with Crippen LogP contribution in [0.25, 0.3) is 22.6 Å². The molecule has 3 aromatic rings. The number of hydrogen-bond donors (Lipinski definition) is 1. The molecule has 0 saturated heterocycles. The molecule has 0 unspecified atom stereocenters. The van der Waals surface area contributed by atoms with Crippen molar-refractivity contribution < 1.29 is 14.4 Å². The fourth-order valence-corrected chi connectivity index (χ4v) is 2.99. The number of rotatable bonds is 2. The van der Waals surface area contributed by atoms with Crippen LogP contribution in [-0.2, 0) is 12.8 Å². The van der Waals surface area contributed by atoms with E-state index >= 15 is 0 Å². The van der Waals surface area contributed by atoms with Crippen molar-refractivity contribution in [3.63, 3.8) is 0 Å². The standard InChI is InChI=1S/C18H15NO3/c1-21-14-7-9-15-12(10-14)4-8-16-17(15)19-22-18(16)11-2-5-13(20)6-3-11/h2-3,5-7,9-10,20H,4,8H2,1H3. The zero-order chi connectivity index (χ0) is 15.1. The first kappa shape index (κ1) is 13.0. The Hall–Kier alpha value is -2.75. The Bertz CT molecular complexity index is 834. The summed E-state index contributed by atoms with van der Waals surface area (Å²) in [5.74, 6) is 1.90. The molecule has 22 heavy (non-hydrogen) atoms. The highest BCUT2D eigenvalue weighted by molar-refractivity contribution is 5.77. The van der Waals surface area contributed by atoms with Crippen molar-refractivity contribution in [1.82, 2.24) is 5.16 Å². The minimum absolute atomic E-state index is 0.245. The summed E-state index contributed by atoms with van der Waals surface area (Å²) in [6.07, 6.45) is 1.82. The van der Waals surface area contributed by atoms with Crippen molar-refractivity contribution >= 4 is 0 Å². The lowest BCUT2D eigenvalue weighted by atomic mass is 9.88. The van der Waals surface area contributed by atoms with Gasteiger partial charge in [-0.25, -0.2) is 0 Å². The Balaban J connectivity index is 1.82. The van der Waals surface area contributed by atoms with E-state index in [-0.39, 0.29) is 5.75 Å². The van der Waals surface area contributed by atoms with Gasteiger partial charge in [-0.1, -0.05) is 5.16 Å². The number of nitrogens with zero attached hydrogens (tertiary/aromatic N) is 1. The summed E-state index contributed by atoms with van der Waals surface area (Å²) in [6, 6.07) is 13.1. The van der Waals surface area contributed by atoms with E-state index in [4.69, 9.17) is 9.26 Å². The quantitative estimate of drug-likeness (QED) is 0.780. The predicted octanol–water partition coefficient (Wildman–Crippen LogP) is 3.82. The molecule has 0 aliphatic heterocycles. The van der Waals surface area contributed by atoms with E-state index in [1.165, 1.54) is 5.56 Å². The molecule has 1 aliphatic rings.